The summed E-state index contributed by atoms with van der Waals surface area (Å²) in [5.74, 6) is 1.47. The largest absolute Gasteiger partial charge is 0.482 e. The average molecular weight is 330 g/mol. The number of carbonyl (C=O) groups is 2. The van der Waals surface area contributed by atoms with Crippen LogP contribution in [0, 0.1) is 11.8 Å². The maximum Gasteiger partial charge on any atom is 0.262 e. The van der Waals surface area contributed by atoms with Crippen molar-refractivity contribution in [2.45, 2.75) is 51.9 Å². The molecule has 1 aromatic rings. The summed E-state index contributed by atoms with van der Waals surface area (Å²) in [4.78, 5) is 23.8. The minimum atomic E-state index is -0.154. The van der Waals surface area contributed by atoms with Gasteiger partial charge in [0.25, 0.3) is 5.91 Å². The highest BCUT2D eigenvalue weighted by Gasteiger charge is 2.26. The molecule has 0 bridgehead atoms. The second kappa shape index (κ2) is 7.69. The number of rotatable bonds is 5. The number of anilines is 2. The van der Waals surface area contributed by atoms with Crippen molar-refractivity contribution in [3.63, 3.8) is 0 Å². The van der Waals surface area contributed by atoms with Crippen molar-refractivity contribution in [3.05, 3.63) is 18.2 Å². The van der Waals surface area contributed by atoms with Crippen LogP contribution in [0.1, 0.15) is 51.9 Å². The monoisotopic (exact) mass is 330 g/mol. The molecule has 0 radical (unpaired) electrons. The lowest BCUT2D eigenvalue weighted by Gasteiger charge is -2.28. The first-order valence-electron chi connectivity index (χ1n) is 9.03. The van der Waals surface area contributed by atoms with E-state index in [4.69, 9.17) is 4.74 Å². The number of amides is 2. The molecule has 0 atom stereocenters. The Kier molecular flexibility index (Phi) is 5.38. The van der Waals surface area contributed by atoms with Crippen molar-refractivity contribution in [2.75, 3.05) is 17.2 Å². The summed E-state index contributed by atoms with van der Waals surface area (Å²) >= 11 is 0. The fourth-order valence-corrected chi connectivity index (χ4v) is 3.60. The van der Waals surface area contributed by atoms with Crippen LogP contribution < -0.4 is 15.4 Å². The third-order valence-corrected chi connectivity index (χ3v) is 5.07. The Labute approximate surface area is 143 Å². The number of hydrogen-bond donors (Lipinski definition) is 2. The summed E-state index contributed by atoms with van der Waals surface area (Å²) in [6.07, 6.45) is 8.15. The maximum absolute atomic E-state index is 12.5. The molecule has 0 saturated heterocycles. The first kappa shape index (κ1) is 16.8. The molecule has 1 aliphatic heterocycles. The Bertz CT molecular complexity index is 607. The van der Waals surface area contributed by atoms with Crippen LogP contribution >= 0.6 is 0 Å². The average Bonchev–Trinajstić information content (AvgIpc) is 2.60. The second-order valence-corrected chi connectivity index (χ2v) is 6.90. The lowest BCUT2D eigenvalue weighted by molar-refractivity contribution is -0.121. The van der Waals surface area contributed by atoms with Gasteiger partial charge < -0.3 is 15.4 Å². The van der Waals surface area contributed by atoms with Crippen molar-refractivity contribution < 1.29 is 14.3 Å². The Balaban J connectivity index is 1.53. The van der Waals surface area contributed by atoms with Crippen LogP contribution in [0.3, 0.4) is 0 Å². The summed E-state index contributed by atoms with van der Waals surface area (Å²) in [7, 11) is 0. The van der Waals surface area contributed by atoms with Crippen molar-refractivity contribution in [1.82, 2.24) is 0 Å². The Morgan fingerprint density at radius 3 is 2.83 bits per heavy atom. The number of fused-ring (bicyclic) bond motifs is 1. The van der Waals surface area contributed by atoms with Gasteiger partial charge >= 0.3 is 0 Å². The van der Waals surface area contributed by atoms with Crippen molar-refractivity contribution in [2.24, 2.45) is 11.8 Å². The van der Waals surface area contributed by atoms with Crippen LogP contribution in [0.5, 0.6) is 5.75 Å². The molecular weight excluding hydrogens is 304 g/mol. The summed E-state index contributed by atoms with van der Waals surface area (Å²) in [5, 5.41) is 5.75. The molecule has 1 aliphatic carbocycles. The molecule has 1 saturated carbocycles. The highest BCUT2D eigenvalue weighted by molar-refractivity contribution is 5.97. The number of unbranched alkanes of at least 4 members (excludes halogenated alkanes) is 1. The maximum atomic E-state index is 12.5. The predicted molar refractivity (Wildman–Crippen MR) is 94.2 cm³/mol. The van der Waals surface area contributed by atoms with E-state index in [1.807, 2.05) is 0 Å². The molecule has 130 valence electrons. The van der Waals surface area contributed by atoms with E-state index in [0.717, 1.165) is 37.3 Å². The molecule has 1 heterocycles. The molecule has 3 rings (SSSR count). The van der Waals surface area contributed by atoms with E-state index in [0.29, 0.717) is 11.4 Å². The van der Waals surface area contributed by atoms with Gasteiger partial charge in [-0.15, -0.1) is 0 Å². The molecular formula is C19H26N2O3. The van der Waals surface area contributed by atoms with Crippen LogP contribution in [0.15, 0.2) is 18.2 Å². The standard InChI is InChI=1S/C19H26N2O3/c1-2-3-4-13-5-7-14(8-6-13)19(23)20-15-9-10-16-17(11-15)24-12-18(22)21-16/h9-11,13-14H,2-8,12H2,1H3,(H,20,23)(H,21,22). The van der Waals surface area contributed by atoms with E-state index in [1.165, 1.54) is 19.3 Å². The molecule has 5 nitrogen and oxygen atoms in total. The van der Waals surface area contributed by atoms with E-state index < -0.39 is 0 Å². The summed E-state index contributed by atoms with van der Waals surface area (Å²) < 4.78 is 5.39. The van der Waals surface area contributed by atoms with Gasteiger partial charge in [-0.25, -0.2) is 0 Å². The molecule has 0 aromatic heterocycles. The van der Waals surface area contributed by atoms with Crippen molar-refractivity contribution in [1.29, 1.82) is 0 Å². The van der Waals surface area contributed by atoms with E-state index >= 15 is 0 Å². The van der Waals surface area contributed by atoms with Gasteiger partial charge in [0.1, 0.15) is 5.75 Å². The van der Waals surface area contributed by atoms with Crippen LogP contribution in [0.4, 0.5) is 11.4 Å². The minimum absolute atomic E-state index is 0.0200. The van der Waals surface area contributed by atoms with E-state index in [9.17, 15) is 9.59 Å². The van der Waals surface area contributed by atoms with E-state index in [1.54, 1.807) is 18.2 Å². The van der Waals surface area contributed by atoms with Crippen LogP contribution in [0.25, 0.3) is 0 Å². The molecule has 2 N–H and O–H groups in total. The smallest absolute Gasteiger partial charge is 0.262 e. The van der Waals surface area contributed by atoms with E-state index in [2.05, 4.69) is 17.6 Å². The Hall–Kier alpha value is -2.04. The topological polar surface area (TPSA) is 67.4 Å². The van der Waals surface area contributed by atoms with E-state index in [-0.39, 0.29) is 24.3 Å². The molecule has 1 aromatic carbocycles. The molecule has 2 aliphatic rings. The fraction of sp³-hybridized carbons (Fsp3) is 0.579. The highest BCUT2D eigenvalue weighted by atomic mass is 16.5. The quantitative estimate of drug-likeness (QED) is 0.859. The molecule has 2 amide bonds. The minimum Gasteiger partial charge on any atom is -0.482 e. The van der Waals surface area contributed by atoms with Gasteiger partial charge in [-0.3, -0.25) is 9.59 Å². The van der Waals surface area contributed by atoms with Gasteiger partial charge in [-0.05, 0) is 43.7 Å². The highest BCUT2D eigenvalue weighted by Crippen LogP contribution is 2.34. The van der Waals surface area contributed by atoms with Gasteiger partial charge in [0.15, 0.2) is 6.61 Å². The zero-order chi connectivity index (χ0) is 16.9. The van der Waals surface area contributed by atoms with Crippen molar-refractivity contribution in [3.8, 4) is 5.75 Å². The third-order valence-electron chi connectivity index (χ3n) is 5.07. The first-order chi connectivity index (χ1) is 11.7. The fourth-order valence-electron chi connectivity index (χ4n) is 3.60. The van der Waals surface area contributed by atoms with Gasteiger partial charge in [-0.2, -0.15) is 0 Å². The number of nitrogens with one attached hydrogen (secondary N) is 2. The molecule has 0 unspecified atom stereocenters. The first-order valence-corrected chi connectivity index (χ1v) is 9.03. The van der Waals surface area contributed by atoms with Crippen LogP contribution in [0.2, 0.25) is 0 Å². The van der Waals surface area contributed by atoms with Crippen LogP contribution in [-0.2, 0) is 9.59 Å². The van der Waals surface area contributed by atoms with Gasteiger partial charge in [0.2, 0.25) is 5.91 Å². The van der Waals surface area contributed by atoms with Gasteiger partial charge in [-0.1, -0.05) is 26.2 Å². The lowest BCUT2D eigenvalue weighted by atomic mass is 9.79. The number of carbonyl (C=O) groups excluding carboxylic acids is 2. The third kappa shape index (κ3) is 4.08. The second-order valence-electron chi connectivity index (χ2n) is 6.90. The molecule has 5 heteroatoms. The molecule has 0 spiro atoms. The van der Waals surface area contributed by atoms with Gasteiger partial charge in [0, 0.05) is 17.7 Å². The molecule has 1 fully saturated rings. The van der Waals surface area contributed by atoms with Gasteiger partial charge in [0.05, 0.1) is 5.69 Å². The summed E-state index contributed by atoms with van der Waals surface area (Å²) in [6.45, 7) is 2.25. The van der Waals surface area contributed by atoms with Crippen LogP contribution in [-0.4, -0.2) is 18.4 Å². The Morgan fingerprint density at radius 1 is 1.29 bits per heavy atom. The summed E-state index contributed by atoms with van der Waals surface area (Å²) in [6, 6.07) is 5.35. The number of ether oxygens (including phenoxy) is 1. The normalized spacial score (nSPS) is 23.0. The number of hydrogen-bond acceptors (Lipinski definition) is 3. The number of benzene rings is 1. The zero-order valence-corrected chi connectivity index (χ0v) is 14.3. The molecule has 24 heavy (non-hydrogen) atoms. The zero-order valence-electron chi connectivity index (χ0n) is 14.3. The Morgan fingerprint density at radius 2 is 2.08 bits per heavy atom. The summed E-state index contributed by atoms with van der Waals surface area (Å²) in [5.41, 5.74) is 1.38. The predicted octanol–water partition coefficient (Wildman–Crippen LogP) is 3.95. The van der Waals surface area contributed by atoms with Crippen molar-refractivity contribution >= 4 is 23.2 Å². The lowest BCUT2D eigenvalue weighted by Crippen LogP contribution is -2.28. The SMILES string of the molecule is CCCCC1CCC(C(=O)Nc2ccc3c(c2)OCC(=O)N3)CC1.